The summed E-state index contributed by atoms with van der Waals surface area (Å²) < 4.78 is 0.998. The van der Waals surface area contributed by atoms with Gasteiger partial charge in [0.25, 0.3) is 5.91 Å². The van der Waals surface area contributed by atoms with Crippen LogP contribution in [-0.4, -0.2) is 30.1 Å². The lowest BCUT2D eigenvalue weighted by Gasteiger charge is -2.09. The molecule has 0 radical (unpaired) electrons. The van der Waals surface area contributed by atoms with Crippen LogP contribution < -0.4 is 16.2 Å². The molecule has 0 fully saturated rings. The first-order valence-electron chi connectivity index (χ1n) is 8.43. The average Bonchev–Trinajstić information content (AvgIpc) is 3.21. The Morgan fingerprint density at radius 3 is 2.64 bits per heavy atom. The summed E-state index contributed by atoms with van der Waals surface area (Å²) in [4.78, 5) is 20.9. The fraction of sp³-hybridized carbons (Fsp3) is 0.150. The smallest absolute Gasteiger partial charge is 0.269 e. The van der Waals surface area contributed by atoms with Gasteiger partial charge in [-0.3, -0.25) is 20.4 Å². The summed E-state index contributed by atoms with van der Waals surface area (Å²) in [7, 11) is 0. The number of carbonyl (C=O) groups excluding carboxylic acids is 2. The zero-order valence-electron chi connectivity index (χ0n) is 15.2. The van der Waals surface area contributed by atoms with Gasteiger partial charge >= 0.3 is 0 Å². The van der Waals surface area contributed by atoms with Gasteiger partial charge in [-0.15, -0.1) is 11.3 Å². The quantitative estimate of drug-likeness (QED) is 0.378. The molecule has 1 unspecified atom stereocenters. The third kappa shape index (κ3) is 5.81. The molecule has 1 aromatic heterocycles. The minimum atomic E-state index is -0.385. The zero-order valence-corrected chi connectivity index (χ0v) is 16.0. The Morgan fingerprint density at radius 2 is 2.00 bits per heavy atom. The molecule has 0 aliphatic heterocycles. The lowest BCUT2D eigenvalue weighted by molar-refractivity contribution is -0.110. The Kier molecular flexibility index (Phi) is 7.96. The van der Waals surface area contributed by atoms with Crippen molar-refractivity contribution in [2.45, 2.75) is 13.0 Å². The Bertz CT molecular complexity index is 964. The molecule has 7 nitrogen and oxygen atoms in total. The Balaban J connectivity index is 0.000000209. The van der Waals surface area contributed by atoms with Gasteiger partial charge in [-0.2, -0.15) is 5.26 Å². The summed E-state index contributed by atoms with van der Waals surface area (Å²) in [5.41, 5.74) is 6.43. The van der Waals surface area contributed by atoms with Crippen LogP contribution in [0, 0.1) is 11.3 Å². The lowest BCUT2D eigenvalue weighted by atomic mass is 10.1. The highest BCUT2D eigenvalue weighted by atomic mass is 32.1. The average molecular weight is 396 g/mol. The summed E-state index contributed by atoms with van der Waals surface area (Å²) in [5.74, 6) is -0.331. The van der Waals surface area contributed by atoms with Gasteiger partial charge in [-0.1, -0.05) is 18.2 Å². The Morgan fingerprint density at radius 1 is 1.25 bits per heavy atom. The van der Waals surface area contributed by atoms with E-state index < -0.39 is 0 Å². The molecule has 0 saturated carbocycles. The van der Waals surface area contributed by atoms with Crippen molar-refractivity contribution < 1.29 is 14.7 Å². The standard InChI is InChI=1S/C12H12N2OS.C8H8N2O2/c1-8(15)7-14-11-3-2-9(6-13)12-10(11)4-5-16-12;11-6-9-10-8(12)7-4-2-1-3-5-7/h2-5,8,14-15H,7H2,1H3;1-6H,(H,9,11)(H,10,12). The van der Waals surface area contributed by atoms with E-state index in [-0.39, 0.29) is 12.0 Å². The number of hydrogen-bond donors (Lipinski definition) is 4. The monoisotopic (exact) mass is 396 g/mol. The van der Waals surface area contributed by atoms with Gasteiger partial charge in [-0.05, 0) is 42.6 Å². The Labute approximate surface area is 166 Å². The molecule has 3 rings (SSSR count). The molecule has 8 heteroatoms. The van der Waals surface area contributed by atoms with E-state index in [0.717, 1.165) is 15.8 Å². The van der Waals surface area contributed by atoms with Gasteiger partial charge in [0.15, 0.2) is 0 Å². The zero-order chi connectivity index (χ0) is 20.4. The molecular formula is C20H20N4O3S. The van der Waals surface area contributed by atoms with E-state index in [1.807, 2.05) is 29.6 Å². The van der Waals surface area contributed by atoms with Crippen LogP contribution in [0.4, 0.5) is 5.69 Å². The number of hydrazine groups is 1. The second-order valence-corrected chi connectivity index (χ2v) is 6.66. The van der Waals surface area contributed by atoms with E-state index in [4.69, 9.17) is 5.26 Å². The second kappa shape index (κ2) is 10.7. The highest BCUT2D eigenvalue weighted by Crippen LogP contribution is 2.30. The van der Waals surface area contributed by atoms with Crippen molar-refractivity contribution in [1.29, 1.82) is 5.26 Å². The first kappa shape index (κ1) is 20.9. The number of hydrogen-bond acceptors (Lipinski definition) is 6. The number of benzene rings is 2. The van der Waals surface area contributed by atoms with Gasteiger partial charge in [0.05, 0.1) is 16.4 Å². The minimum absolute atomic E-state index is 0.331. The van der Waals surface area contributed by atoms with Gasteiger partial charge in [0.2, 0.25) is 6.41 Å². The summed E-state index contributed by atoms with van der Waals surface area (Å²) in [6, 6.07) is 16.5. The minimum Gasteiger partial charge on any atom is -0.392 e. The number of aliphatic hydroxyl groups excluding tert-OH is 1. The number of carbonyl (C=O) groups is 2. The van der Waals surface area contributed by atoms with Crippen LogP contribution in [0.2, 0.25) is 0 Å². The first-order valence-corrected chi connectivity index (χ1v) is 9.31. The van der Waals surface area contributed by atoms with Crippen molar-refractivity contribution in [3.8, 4) is 6.07 Å². The van der Waals surface area contributed by atoms with Gasteiger partial charge in [0.1, 0.15) is 6.07 Å². The fourth-order valence-electron chi connectivity index (χ4n) is 2.32. The number of anilines is 1. The molecule has 1 heterocycles. The number of amides is 2. The fourth-order valence-corrected chi connectivity index (χ4v) is 3.20. The van der Waals surface area contributed by atoms with E-state index in [0.29, 0.717) is 24.1 Å². The molecule has 0 aliphatic rings. The van der Waals surface area contributed by atoms with Crippen LogP contribution in [0.25, 0.3) is 10.1 Å². The summed E-state index contributed by atoms with van der Waals surface area (Å²) in [6.07, 6.45) is 0.0187. The molecule has 0 saturated heterocycles. The molecule has 144 valence electrons. The molecule has 0 aliphatic carbocycles. The van der Waals surface area contributed by atoms with E-state index in [1.54, 1.807) is 42.5 Å². The van der Waals surface area contributed by atoms with Crippen molar-refractivity contribution in [1.82, 2.24) is 10.9 Å². The van der Waals surface area contributed by atoms with E-state index >= 15 is 0 Å². The number of fused-ring (bicyclic) bond motifs is 1. The first-order chi connectivity index (χ1) is 13.6. The van der Waals surface area contributed by atoms with E-state index in [1.165, 1.54) is 0 Å². The summed E-state index contributed by atoms with van der Waals surface area (Å²) >= 11 is 1.56. The SMILES string of the molecule is CC(O)CNc1ccc(C#N)c2sccc12.O=CNNC(=O)c1ccccc1. The molecule has 2 aromatic carbocycles. The predicted octanol–water partition coefficient (Wildman–Crippen LogP) is 2.64. The topological polar surface area (TPSA) is 114 Å². The maximum Gasteiger partial charge on any atom is 0.269 e. The van der Waals surface area contributed by atoms with Crippen molar-refractivity contribution in [3.05, 3.63) is 65.0 Å². The van der Waals surface area contributed by atoms with Crippen LogP contribution in [0.3, 0.4) is 0 Å². The number of nitrogens with zero attached hydrogens (tertiary/aromatic N) is 1. The van der Waals surface area contributed by atoms with E-state index in [2.05, 4.69) is 22.2 Å². The highest BCUT2D eigenvalue weighted by molar-refractivity contribution is 7.17. The molecule has 4 N–H and O–H groups in total. The number of aliphatic hydroxyl groups is 1. The lowest BCUT2D eigenvalue weighted by Crippen LogP contribution is -2.36. The highest BCUT2D eigenvalue weighted by Gasteiger charge is 2.07. The maximum absolute atomic E-state index is 11.1. The number of nitriles is 1. The summed E-state index contributed by atoms with van der Waals surface area (Å²) in [6.45, 7) is 2.25. The molecule has 2 amide bonds. The number of rotatable bonds is 6. The van der Waals surface area contributed by atoms with E-state index in [9.17, 15) is 14.7 Å². The van der Waals surface area contributed by atoms with Crippen LogP contribution in [0.15, 0.2) is 53.9 Å². The largest absolute Gasteiger partial charge is 0.392 e. The normalized spacial score (nSPS) is 10.8. The van der Waals surface area contributed by atoms with Crippen molar-refractivity contribution >= 4 is 39.4 Å². The van der Waals surface area contributed by atoms with Crippen molar-refractivity contribution in [3.63, 3.8) is 0 Å². The third-order valence-electron chi connectivity index (χ3n) is 3.61. The molecule has 1 atom stereocenters. The molecule has 0 bridgehead atoms. The Hall–Kier alpha value is -3.41. The summed E-state index contributed by atoms with van der Waals surface area (Å²) in [5, 5.41) is 24.4. The number of nitrogens with one attached hydrogen (secondary N) is 3. The van der Waals surface area contributed by atoms with Crippen LogP contribution in [-0.2, 0) is 4.79 Å². The van der Waals surface area contributed by atoms with Gasteiger partial charge < -0.3 is 10.4 Å². The molecule has 3 aromatic rings. The van der Waals surface area contributed by atoms with Crippen LogP contribution >= 0.6 is 11.3 Å². The van der Waals surface area contributed by atoms with Crippen LogP contribution in [0.1, 0.15) is 22.8 Å². The third-order valence-corrected chi connectivity index (χ3v) is 4.55. The molecule has 0 spiro atoms. The van der Waals surface area contributed by atoms with Crippen molar-refractivity contribution in [2.24, 2.45) is 0 Å². The maximum atomic E-state index is 11.1. The van der Waals surface area contributed by atoms with Gasteiger partial charge in [-0.25, -0.2) is 0 Å². The van der Waals surface area contributed by atoms with Crippen LogP contribution in [0.5, 0.6) is 0 Å². The number of thiophene rings is 1. The van der Waals surface area contributed by atoms with Gasteiger partial charge in [0, 0.05) is 23.2 Å². The van der Waals surface area contributed by atoms with Crippen molar-refractivity contribution in [2.75, 3.05) is 11.9 Å². The second-order valence-electron chi connectivity index (χ2n) is 5.75. The predicted molar refractivity (Wildman–Crippen MR) is 110 cm³/mol. The molecular weight excluding hydrogens is 376 g/mol. The molecule has 28 heavy (non-hydrogen) atoms.